The van der Waals surface area contributed by atoms with Crippen molar-refractivity contribution < 1.29 is 8.42 Å². The highest BCUT2D eigenvalue weighted by atomic mass is 35.5. The Balaban J connectivity index is 2.31. The smallest absolute Gasteiger partial charge is 0.152 e. The first-order valence-electron chi connectivity index (χ1n) is 6.35. The van der Waals surface area contributed by atoms with Gasteiger partial charge in [-0.1, -0.05) is 23.7 Å². The molecule has 2 N–H and O–H groups in total. The Morgan fingerprint density at radius 1 is 1.47 bits per heavy atom. The maximum Gasteiger partial charge on any atom is 0.152 e. The predicted molar refractivity (Wildman–Crippen MR) is 79.7 cm³/mol. The van der Waals surface area contributed by atoms with E-state index < -0.39 is 9.84 Å². The third kappa shape index (κ3) is 3.22. The lowest BCUT2D eigenvalue weighted by Crippen LogP contribution is -2.33. The van der Waals surface area contributed by atoms with Crippen molar-refractivity contribution in [3.8, 4) is 0 Å². The van der Waals surface area contributed by atoms with Crippen molar-refractivity contribution in [3.05, 3.63) is 28.8 Å². The van der Waals surface area contributed by atoms with E-state index in [-0.39, 0.29) is 17.5 Å². The summed E-state index contributed by atoms with van der Waals surface area (Å²) in [4.78, 5) is 2.00. The normalized spacial score (nSPS) is 21.5. The molecule has 106 valence electrons. The summed E-state index contributed by atoms with van der Waals surface area (Å²) in [6, 6.07) is 5.72. The number of para-hydroxylation sites is 1. The molecule has 1 aliphatic heterocycles. The average molecular weight is 303 g/mol. The second kappa shape index (κ2) is 5.69. The van der Waals surface area contributed by atoms with Gasteiger partial charge in [-0.3, -0.25) is 0 Å². The fraction of sp³-hybridized carbons (Fsp3) is 0.538. The van der Waals surface area contributed by atoms with Gasteiger partial charge in [0.25, 0.3) is 0 Å². The molecule has 0 spiro atoms. The molecular weight excluding hydrogens is 284 g/mol. The minimum atomic E-state index is -2.90. The van der Waals surface area contributed by atoms with E-state index in [1.54, 1.807) is 0 Å². The van der Waals surface area contributed by atoms with E-state index in [1.807, 2.05) is 30.1 Å². The van der Waals surface area contributed by atoms with Crippen molar-refractivity contribution in [2.45, 2.75) is 18.9 Å². The zero-order valence-electron chi connectivity index (χ0n) is 11.0. The van der Waals surface area contributed by atoms with Gasteiger partial charge in [0, 0.05) is 13.1 Å². The van der Waals surface area contributed by atoms with Crippen LogP contribution in [0.1, 0.15) is 12.0 Å². The molecule has 4 nitrogen and oxygen atoms in total. The first kappa shape index (κ1) is 14.6. The Kier molecular flexibility index (Phi) is 4.38. The van der Waals surface area contributed by atoms with Gasteiger partial charge in [-0.05, 0) is 31.0 Å². The topological polar surface area (TPSA) is 63.4 Å². The zero-order valence-corrected chi connectivity index (χ0v) is 12.5. The maximum absolute atomic E-state index is 11.6. The van der Waals surface area contributed by atoms with Crippen LogP contribution < -0.4 is 10.6 Å². The Morgan fingerprint density at radius 2 is 2.21 bits per heavy atom. The van der Waals surface area contributed by atoms with Crippen LogP contribution in [0.2, 0.25) is 5.02 Å². The number of nitrogens with two attached hydrogens (primary N) is 1. The molecule has 0 radical (unpaired) electrons. The summed E-state index contributed by atoms with van der Waals surface area (Å²) in [6.45, 7) is 0.546. The predicted octanol–water partition coefficient (Wildman–Crippen LogP) is 1.46. The van der Waals surface area contributed by atoms with Crippen LogP contribution in [0.4, 0.5) is 5.69 Å². The van der Waals surface area contributed by atoms with Gasteiger partial charge in [0.1, 0.15) is 0 Å². The quantitative estimate of drug-likeness (QED) is 0.915. The number of halogens is 1. The van der Waals surface area contributed by atoms with Gasteiger partial charge in [-0.15, -0.1) is 0 Å². The summed E-state index contributed by atoms with van der Waals surface area (Å²) in [6.07, 6.45) is 1.39. The van der Waals surface area contributed by atoms with Crippen LogP contribution in [0.3, 0.4) is 0 Å². The molecule has 1 aromatic rings. The minimum Gasteiger partial charge on any atom is -0.369 e. The van der Waals surface area contributed by atoms with E-state index in [4.69, 9.17) is 17.3 Å². The summed E-state index contributed by atoms with van der Waals surface area (Å²) >= 11 is 6.28. The molecule has 0 aromatic heterocycles. The molecule has 0 bridgehead atoms. The fourth-order valence-corrected chi connectivity index (χ4v) is 4.68. The summed E-state index contributed by atoms with van der Waals surface area (Å²) < 4.78 is 23.2. The molecule has 1 aliphatic rings. The van der Waals surface area contributed by atoms with Gasteiger partial charge in [-0.2, -0.15) is 0 Å². The molecule has 1 unspecified atom stereocenters. The molecule has 1 fully saturated rings. The third-order valence-electron chi connectivity index (χ3n) is 3.59. The van der Waals surface area contributed by atoms with Crippen molar-refractivity contribution in [1.82, 2.24) is 0 Å². The lowest BCUT2D eigenvalue weighted by molar-refractivity contribution is 0.600. The first-order valence-corrected chi connectivity index (χ1v) is 8.55. The van der Waals surface area contributed by atoms with Gasteiger partial charge >= 0.3 is 0 Å². The van der Waals surface area contributed by atoms with Crippen LogP contribution in [0, 0.1) is 0 Å². The standard InChI is InChI=1S/C13H19ClN2O2S/c1-16(11-6-8-19(17,18)9-11)13-10(5-7-15)3-2-4-12(13)14/h2-4,11H,5-9,15H2,1H3. The lowest BCUT2D eigenvalue weighted by Gasteiger charge is -2.29. The number of benzene rings is 1. The van der Waals surface area contributed by atoms with Crippen molar-refractivity contribution in [3.63, 3.8) is 0 Å². The van der Waals surface area contributed by atoms with Crippen LogP contribution in [0.15, 0.2) is 18.2 Å². The number of anilines is 1. The number of hydrogen-bond acceptors (Lipinski definition) is 4. The molecule has 2 rings (SSSR count). The van der Waals surface area contributed by atoms with E-state index in [1.165, 1.54) is 0 Å². The molecule has 6 heteroatoms. The second-order valence-electron chi connectivity index (χ2n) is 4.95. The highest BCUT2D eigenvalue weighted by Gasteiger charge is 2.32. The zero-order chi connectivity index (χ0) is 14.0. The van der Waals surface area contributed by atoms with Crippen LogP contribution in [-0.4, -0.2) is 39.6 Å². The van der Waals surface area contributed by atoms with Crippen LogP contribution in [0.25, 0.3) is 0 Å². The molecule has 0 saturated carbocycles. The van der Waals surface area contributed by atoms with E-state index in [0.29, 0.717) is 18.0 Å². The number of rotatable bonds is 4. The van der Waals surface area contributed by atoms with Crippen LogP contribution in [0.5, 0.6) is 0 Å². The molecular formula is C13H19ClN2O2S. The SMILES string of the molecule is CN(c1c(Cl)cccc1CCN)C1CCS(=O)(=O)C1. The molecule has 1 saturated heterocycles. The average Bonchev–Trinajstić information content (AvgIpc) is 2.70. The number of sulfone groups is 1. The Labute approximate surface area is 119 Å². The Hall–Kier alpha value is -0.780. The van der Waals surface area contributed by atoms with Gasteiger partial charge in [0.2, 0.25) is 0 Å². The minimum absolute atomic E-state index is 0.00132. The molecule has 0 aliphatic carbocycles. The first-order chi connectivity index (χ1) is 8.94. The number of nitrogens with zero attached hydrogens (tertiary/aromatic N) is 1. The van der Waals surface area contributed by atoms with E-state index in [0.717, 1.165) is 17.7 Å². The summed E-state index contributed by atoms with van der Waals surface area (Å²) in [5.74, 6) is 0.468. The van der Waals surface area contributed by atoms with Gasteiger partial charge in [-0.25, -0.2) is 8.42 Å². The number of hydrogen-bond donors (Lipinski definition) is 1. The van der Waals surface area contributed by atoms with E-state index >= 15 is 0 Å². The van der Waals surface area contributed by atoms with Gasteiger partial charge in [0.05, 0.1) is 22.2 Å². The second-order valence-corrected chi connectivity index (χ2v) is 7.59. The molecule has 1 heterocycles. The molecule has 0 amide bonds. The molecule has 1 atom stereocenters. The Bertz CT molecular complexity index is 560. The Morgan fingerprint density at radius 3 is 2.79 bits per heavy atom. The molecule has 1 aromatic carbocycles. The summed E-state index contributed by atoms with van der Waals surface area (Å²) in [5.41, 5.74) is 7.60. The highest BCUT2D eigenvalue weighted by molar-refractivity contribution is 7.91. The lowest BCUT2D eigenvalue weighted by atomic mass is 10.1. The van der Waals surface area contributed by atoms with Crippen molar-refractivity contribution in [2.75, 3.05) is 30.0 Å². The summed E-state index contributed by atoms with van der Waals surface area (Å²) in [5, 5.41) is 0.651. The van der Waals surface area contributed by atoms with Gasteiger partial charge in [0.15, 0.2) is 9.84 Å². The van der Waals surface area contributed by atoms with Crippen molar-refractivity contribution in [1.29, 1.82) is 0 Å². The highest BCUT2D eigenvalue weighted by Crippen LogP contribution is 2.33. The maximum atomic E-state index is 11.6. The third-order valence-corrected chi connectivity index (χ3v) is 5.65. The van der Waals surface area contributed by atoms with Gasteiger partial charge < -0.3 is 10.6 Å². The van der Waals surface area contributed by atoms with Crippen LogP contribution in [-0.2, 0) is 16.3 Å². The largest absolute Gasteiger partial charge is 0.369 e. The summed E-state index contributed by atoms with van der Waals surface area (Å²) in [7, 11) is -0.986. The van der Waals surface area contributed by atoms with E-state index in [9.17, 15) is 8.42 Å². The van der Waals surface area contributed by atoms with E-state index in [2.05, 4.69) is 0 Å². The monoisotopic (exact) mass is 302 g/mol. The van der Waals surface area contributed by atoms with Crippen LogP contribution >= 0.6 is 11.6 Å². The van der Waals surface area contributed by atoms with Crippen molar-refractivity contribution >= 4 is 27.1 Å². The fourth-order valence-electron chi connectivity index (χ4n) is 2.58. The van der Waals surface area contributed by atoms with Crippen molar-refractivity contribution in [2.24, 2.45) is 5.73 Å². The molecule has 19 heavy (non-hydrogen) atoms.